The van der Waals surface area contributed by atoms with Crippen LogP contribution in [-0.2, 0) is 0 Å². The minimum Gasteiger partial charge on any atom is -0.367 e. The summed E-state index contributed by atoms with van der Waals surface area (Å²) in [7, 11) is 0. The largest absolute Gasteiger partial charge is 0.367 e. The van der Waals surface area contributed by atoms with Gasteiger partial charge in [-0.05, 0) is 23.6 Å². The fraction of sp³-hybridized carbons (Fsp3) is 0.353. The van der Waals surface area contributed by atoms with Crippen LogP contribution >= 0.6 is 11.3 Å². The maximum atomic E-state index is 13.8. The Balaban J connectivity index is 1.41. The minimum atomic E-state index is -0.163. The Kier molecular flexibility index (Phi) is 5.25. The lowest BCUT2D eigenvalue weighted by Crippen LogP contribution is -2.48. The number of benzene rings is 1. The number of anilines is 1. The summed E-state index contributed by atoms with van der Waals surface area (Å²) >= 11 is 1.52. The van der Waals surface area contributed by atoms with E-state index in [9.17, 15) is 9.18 Å². The zero-order chi connectivity index (χ0) is 16.1. The van der Waals surface area contributed by atoms with Crippen molar-refractivity contribution in [3.05, 3.63) is 52.5 Å². The number of carbonyl (C=O) groups excluding carboxylic acids is 1. The van der Waals surface area contributed by atoms with E-state index in [-0.39, 0.29) is 11.7 Å². The van der Waals surface area contributed by atoms with E-state index in [0.29, 0.717) is 12.2 Å². The van der Waals surface area contributed by atoms with Crippen LogP contribution in [0.5, 0.6) is 0 Å². The van der Waals surface area contributed by atoms with Crippen LogP contribution in [0.3, 0.4) is 0 Å². The quantitative estimate of drug-likeness (QED) is 0.913. The third-order valence-electron chi connectivity index (χ3n) is 4.06. The molecule has 122 valence electrons. The van der Waals surface area contributed by atoms with Gasteiger partial charge in [-0.3, -0.25) is 9.69 Å². The van der Waals surface area contributed by atoms with Crippen LogP contribution in [-0.4, -0.2) is 50.1 Å². The van der Waals surface area contributed by atoms with Gasteiger partial charge in [-0.2, -0.15) is 11.3 Å². The maximum Gasteiger partial charge on any atom is 0.252 e. The van der Waals surface area contributed by atoms with Gasteiger partial charge in [0.05, 0.1) is 5.69 Å². The Bertz CT molecular complexity index is 639. The summed E-state index contributed by atoms with van der Waals surface area (Å²) in [5.41, 5.74) is 1.40. The van der Waals surface area contributed by atoms with E-state index in [0.717, 1.165) is 38.3 Å². The van der Waals surface area contributed by atoms with E-state index >= 15 is 0 Å². The highest BCUT2D eigenvalue weighted by atomic mass is 32.1. The zero-order valence-corrected chi connectivity index (χ0v) is 13.7. The number of nitrogens with zero attached hydrogens (tertiary/aromatic N) is 2. The maximum absolute atomic E-state index is 13.8. The fourth-order valence-corrected chi connectivity index (χ4v) is 3.38. The number of hydrogen-bond donors (Lipinski definition) is 1. The van der Waals surface area contributed by atoms with Crippen molar-refractivity contribution in [2.75, 3.05) is 44.2 Å². The van der Waals surface area contributed by atoms with Gasteiger partial charge >= 0.3 is 0 Å². The molecular formula is C17H20FN3OS. The van der Waals surface area contributed by atoms with Gasteiger partial charge in [-0.25, -0.2) is 4.39 Å². The number of para-hydroxylation sites is 1. The second-order valence-electron chi connectivity index (χ2n) is 5.55. The monoisotopic (exact) mass is 333 g/mol. The van der Waals surface area contributed by atoms with E-state index in [1.807, 2.05) is 29.0 Å². The fourth-order valence-electron chi connectivity index (χ4n) is 2.74. The molecule has 1 aliphatic rings. The predicted octanol–water partition coefficient (Wildman–Crippen LogP) is 2.44. The van der Waals surface area contributed by atoms with Crippen molar-refractivity contribution in [1.82, 2.24) is 10.2 Å². The van der Waals surface area contributed by atoms with Crippen molar-refractivity contribution < 1.29 is 9.18 Å². The van der Waals surface area contributed by atoms with Crippen LogP contribution in [0.25, 0.3) is 0 Å². The molecule has 1 aromatic heterocycles. The Hall–Kier alpha value is -1.92. The Morgan fingerprint density at radius 3 is 2.65 bits per heavy atom. The molecule has 0 bridgehead atoms. The number of nitrogens with one attached hydrogen (secondary N) is 1. The summed E-state index contributed by atoms with van der Waals surface area (Å²) in [6, 6.07) is 8.73. The molecule has 1 aromatic carbocycles. The first kappa shape index (κ1) is 16.0. The highest BCUT2D eigenvalue weighted by molar-refractivity contribution is 7.08. The van der Waals surface area contributed by atoms with E-state index in [1.54, 1.807) is 6.07 Å². The zero-order valence-electron chi connectivity index (χ0n) is 12.9. The Labute approximate surface area is 139 Å². The van der Waals surface area contributed by atoms with Crippen LogP contribution < -0.4 is 10.2 Å². The number of thiophene rings is 1. The third kappa shape index (κ3) is 4.09. The highest BCUT2D eigenvalue weighted by Crippen LogP contribution is 2.19. The van der Waals surface area contributed by atoms with Gasteiger partial charge in [0.25, 0.3) is 5.91 Å². The average molecular weight is 333 g/mol. The van der Waals surface area contributed by atoms with Crippen LogP contribution in [0.4, 0.5) is 10.1 Å². The van der Waals surface area contributed by atoms with E-state index in [4.69, 9.17) is 0 Å². The molecule has 0 saturated carbocycles. The Morgan fingerprint density at radius 1 is 1.17 bits per heavy atom. The lowest BCUT2D eigenvalue weighted by atomic mass is 10.2. The molecule has 3 rings (SSSR count). The number of piperazine rings is 1. The van der Waals surface area contributed by atoms with Crippen molar-refractivity contribution in [2.45, 2.75) is 0 Å². The second kappa shape index (κ2) is 7.57. The van der Waals surface area contributed by atoms with Crippen LogP contribution in [0, 0.1) is 5.82 Å². The molecule has 1 saturated heterocycles. The summed E-state index contributed by atoms with van der Waals surface area (Å²) in [4.78, 5) is 16.2. The van der Waals surface area contributed by atoms with Crippen LogP contribution in [0.1, 0.15) is 10.4 Å². The first-order valence-electron chi connectivity index (χ1n) is 7.76. The lowest BCUT2D eigenvalue weighted by molar-refractivity contribution is 0.0948. The SMILES string of the molecule is O=C(NCCN1CCN(c2ccccc2F)CC1)c1ccsc1. The molecular weight excluding hydrogens is 313 g/mol. The van der Waals surface area contributed by atoms with Crippen molar-refractivity contribution in [3.63, 3.8) is 0 Å². The van der Waals surface area contributed by atoms with Gasteiger partial charge in [0.15, 0.2) is 0 Å². The molecule has 6 heteroatoms. The van der Waals surface area contributed by atoms with Crippen molar-refractivity contribution >= 4 is 22.9 Å². The molecule has 1 amide bonds. The number of amides is 1. The molecule has 0 spiro atoms. The number of halogens is 1. The van der Waals surface area contributed by atoms with Crippen LogP contribution in [0.15, 0.2) is 41.1 Å². The molecule has 2 heterocycles. The molecule has 23 heavy (non-hydrogen) atoms. The molecule has 2 aromatic rings. The lowest BCUT2D eigenvalue weighted by Gasteiger charge is -2.36. The number of carbonyl (C=O) groups is 1. The summed E-state index contributed by atoms with van der Waals surface area (Å²) in [6.07, 6.45) is 0. The molecule has 1 aliphatic heterocycles. The topological polar surface area (TPSA) is 35.6 Å². The Morgan fingerprint density at radius 2 is 1.96 bits per heavy atom. The molecule has 1 N–H and O–H groups in total. The van der Waals surface area contributed by atoms with E-state index in [2.05, 4.69) is 15.1 Å². The normalized spacial score (nSPS) is 15.6. The van der Waals surface area contributed by atoms with E-state index < -0.39 is 0 Å². The van der Waals surface area contributed by atoms with Gasteiger partial charge in [0.2, 0.25) is 0 Å². The van der Waals surface area contributed by atoms with Crippen molar-refractivity contribution in [1.29, 1.82) is 0 Å². The van der Waals surface area contributed by atoms with Crippen molar-refractivity contribution in [3.8, 4) is 0 Å². The third-order valence-corrected chi connectivity index (χ3v) is 4.75. The molecule has 0 atom stereocenters. The van der Waals surface area contributed by atoms with Gasteiger partial charge in [-0.1, -0.05) is 12.1 Å². The highest BCUT2D eigenvalue weighted by Gasteiger charge is 2.19. The van der Waals surface area contributed by atoms with Gasteiger partial charge < -0.3 is 10.2 Å². The molecule has 0 aliphatic carbocycles. The van der Waals surface area contributed by atoms with Gasteiger partial charge in [-0.15, -0.1) is 0 Å². The number of hydrogen-bond acceptors (Lipinski definition) is 4. The number of rotatable bonds is 5. The molecule has 0 unspecified atom stereocenters. The predicted molar refractivity (Wildman–Crippen MR) is 91.7 cm³/mol. The summed E-state index contributed by atoms with van der Waals surface area (Å²) in [5.74, 6) is -0.180. The molecule has 0 radical (unpaired) electrons. The minimum absolute atomic E-state index is 0.0174. The summed E-state index contributed by atoms with van der Waals surface area (Å²) < 4.78 is 13.8. The smallest absolute Gasteiger partial charge is 0.252 e. The molecule has 1 fully saturated rings. The van der Waals surface area contributed by atoms with Crippen molar-refractivity contribution in [2.24, 2.45) is 0 Å². The standard InChI is InChI=1S/C17H20FN3OS/c18-15-3-1-2-4-16(15)21-10-8-20(9-11-21)7-6-19-17(22)14-5-12-23-13-14/h1-5,12-13H,6-11H2,(H,19,22). The van der Waals surface area contributed by atoms with Gasteiger partial charge in [0, 0.05) is 50.2 Å². The second-order valence-corrected chi connectivity index (χ2v) is 6.33. The summed E-state index contributed by atoms with van der Waals surface area (Å²) in [5, 5.41) is 6.69. The molecule has 4 nitrogen and oxygen atoms in total. The van der Waals surface area contributed by atoms with Crippen LogP contribution in [0.2, 0.25) is 0 Å². The first-order chi connectivity index (χ1) is 11.2. The first-order valence-corrected chi connectivity index (χ1v) is 8.70. The van der Waals surface area contributed by atoms with E-state index in [1.165, 1.54) is 17.4 Å². The van der Waals surface area contributed by atoms with Gasteiger partial charge in [0.1, 0.15) is 5.82 Å². The summed E-state index contributed by atoms with van der Waals surface area (Å²) in [6.45, 7) is 4.82. The average Bonchev–Trinajstić information content (AvgIpc) is 3.11.